The third-order valence-electron chi connectivity index (χ3n) is 4.29. The summed E-state index contributed by atoms with van der Waals surface area (Å²) in [4.78, 5) is 20.7. The number of aromatic nitrogens is 3. The predicted molar refractivity (Wildman–Crippen MR) is 99.2 cm³/mol. The Bertz CT molecular complexity index is 752. The molecule has 2 aromatic heterocycles. The number of nitrogens with one attached hydrogen (secondary N) is 1. The van der Waals surface area contributed by atoms with Gasteiger partial charge in [0.25, 0.3) is 0 Å². The molecule has 0 saturated heterocycles. The molecule has 0 aromatic carbocycles. The number of ether oxygens (including phenoxy) is 1. The fraction of sp³-hybridized carbons (Fsp3) is 0.611. The van der Waals surface area contributed by atoms with Gasteiger partial charge in [-0.2, -0.15) is 0 Å². The molecule has 7 heteroatoms. The Balaban J connectivity index is 2.27. The molecule has 0 fully saturated rings. The van der Waals surface area contributed by atoms with Crippen LogP contribution in [0.2, 0.25) is 0 Å². The minimum atomic E-state index is -0.00152. The molecule has 25 heavy (non-hydrogen) atoms. The lowest BCUT2D eigenvalue weighted by molar-refractivity contribution is -0.123. The second-order valence-corrected chi connectivity index (χ2v) is 6.52. The minimum absolute atomic E-state index is 0.00152. The van der Waals surface area contributed by atoms with Crippen molar-refractivity contribution in [3.8, 4) is 0 Å². The van der Waals surface area contributed by atoms with Gasteiger partial charge in [-0.1, -0.05) is 13.8 Å². The van der Waals surface area contributed by atoms with E-state index in [1.807, 2.05) is 34.6 Å². The van der Waals surface area contributed by atoms with E-state index in [4.69, 9.17) is 10.5 Å². The molecule has 1 amide bonds. The summed E-state index contributed by atoms with van der Waals surface area (Å²) in [6.45, 7) is 12.1. The quantitative estimate of drug-likeness (QED) is 0.715. The van der Waals surface area contributed by atoms with Gasteiger partial charge in [-0.25, -0.2) is 9.97 Å². The second-order valence-electron chi connectivity index (χ2n) is 6.52. The Labute approximate surface area is 149 Å². The van der Waals surface area contributed by atoms with E-state index >= 15 is 0 Å². The zero-order valence-electron chi connectivity index (χ0n) is 15.8. The van der Waals surface area contributed by atoms with Crippen molar-refractivity contribution < 1.29 is 9.53 Å². The molecule has 0 radical (unpaired) electrons. The van der Waals surface area contributed by atoms with Crippen LogP contribution in [-0.2, 0) is 22.7 Å². The van der Waals surface area contributed by atoms with Gasteiger partial charge in [0.15, 0.2) is 5.82 Å². The maximum absolute atomic E-state index is 11.7. The van der Waals surface area contributed by atoms with E-state index in [-0.39, 0.29) is 11.8 Å². The van der Waals surface area contributed by atoms with Crippen molar-refractivity contribution in [1.29, 1.82) is 0 Å². The van der Waals surface area contributed by atoms with Gasteiger partial charge >= 0.3 is 0 Å². The van der Waals surface area contributed by atoms with Crippen molar-refractivity contribution in [2.24, 2.45) is 5.92 Å². The fourth-order valence-electron chi connectivity index (χ4n) is 2.74. The summed E-state index contributed by atoms with van der Waals surface area (Å²) < 4.78 is 7.71. The summed E-state index contributed by atoms with van der Waals surface area (Å²) in [7, 11) is 0. The lowest BCUT2D eigenvalue weighted by Gasteiger charge is -2.13. The Morgan fingerprint density at radius 1 is 1.32 bits per heavy atom. The Hall–Kier alpha value is -2.15. The Kier molecular flexibility index (Phi) is 6.36. The lowest BCUT2D eigenvalue weighted by atomic mass is 10.2. The molecule has 0 aliphatic rings. The molecule has 3 N–H and O–H groups in total. The van der Waals surface area contributed by atoms with Crippen LogP contribution in [0.5, 0.6) is 0 Å². The summed E-state index contributed by atoms with van der Waals surface area (Å²) >= 11 is 0. The van der Waals surface area contributed by atoms with Gasteiger partial charge in [-0.05, 0) is 32.8 Å². The van der Waals surface area contributed by atoms with Crippen LogP contribution in [0.15, 0.2) is 0 Å². The third kappa shape index (κ3) is 4.28. The van der Waals surface area contributed by atoms with Crippen molar-refractivity contribution in [3.63, 3.8) is 0 Å². The molecule has 0 aliphatic carbocycles. The molecular formula is C18H29N5O2. The number of amides is 1. The summed E-state index contributed by atoms with van der Waals surface area (Å²) in [5, 5.41) is 2.95. The maximum Gasteiger partial charge on any atom is 0.222 e. The van der Waals surface area contributed by atoms with Crippen molar-refractivity contribution in [2.45, 2.75) is 54.2 Å². The Morgan fingerprint density at radius 3 is 2.68 bits per heavy atom. The number of pyridine rings is 1. The second kappa shape index (κ2) is 8.29. The van der Waals surface area contributed by atoms with Crippen LogP contribution < -0.4 is 11.1 Å². The number of anilines is 1. The van der Waals surface area contributed by atoms with E-state index in [0.29, 0.717) is 25.6 Å². The van der Waals surface area contributed by atoms with E-state index in [1.54, 1.807) is 0 Å². The molecule has 2 aromatic rings. The van der Waals surface area contributed by atoms with Gasteiger partial charge in [-0.15, -0.1) is 0 Å². The summed E-state index contributed by atoms with van der Waals surface area (Å²) in [6.07, 6.45) is 0.809. The molecule has 0 unspecified atom stereocenters. The average molecular weight is 347 g/mol. The van der Waals surface area contributed by atoms with Gasteiger partial charge in [0.05, 0.1) is 5.52 Å². The highest BCUT2D eigenvalue weighted by atomic mass is 16.5. The number of nitrogens with two attached hydrogens (primary N) is 1. The van der Waals surface area contributed by atoms with E-state index in [1.165, 1.54) is 0 Å². The zero-order valence-corrected chi connectivity index (χ0v) is 15.8. The first-order valence-electron chi connectivity index (χ1n) is 8.84. The number of carbonyl (C=O) groups excluding carboxylic acids is 1. The normalized spacial score (nSPS) is 11.4. The van der Waals surface area contributed by atoms with Crippen LogP contribution in [0.3, 0.4) is 0 Å². The van der Waals surface area contributed by atoms with E-state index in [0.717, 1.165) is 41.1 Å². The number of nitrogen functional groups attached to an aromatic ring is 1. The first-order valence-corrected chi connectivity index (χ1v) is 8.84. The number of hydrogen-bond acceptors (Lipinski definition) is 5. The first kappa shape index (κ1) is 19.2. The van der Waals surface area contributed by atoms with Gasteiger partial charge < -0.3 is 20.4 Å². The highest BCUT2D eigenvalue weighted by Gasteiger charge is 2.17. The topological polar surface area (TPSA) is 95.1 Å². The molecule has 7 nitrogen and oxygen atoms in total. The molecule has 0 bridgehead atoms. The third-order valence-corrected chi connectivity index (χ3v) is 4.29. The van der Waals surface area contributed by atoms with Gasteiger partial charge in [0, 0.05) is 31.3 Å². The molecular weight excluding hydrogens is 318 g/mol. The van der Waals surface area contributed by atoms with Crippen molar-refractivity contribution in [2.75, 3.05) is 18.9 Å². The van der Waals surface area contributed by atoms with Crippen LogP contribution in [0, 0.1) is 19.8 Å². The van der Waals surface area contributed by atoms with Crippen LogP contribution in [-0.4, -0.2) is 33.6 Å². The van der Waals surface area contributed by atoms with Crippen molar-refractivity contribution in [1.82, 2.24) is 19.9 Å². The van der Waals surface area contributed by atoms with Crippen molar-refractivity contribution >= 4 is 22.8 Å². The highest BCUT2D eigenvalue weighted by molar-refractivity contribution is 5.88. The molecule has 0 atom stereocenters. The number of carbonyl (C=O) groups is 1. The number of fused-ring (bicyclic) bond motifs is 1. The van der Waals surface area contributed by atoms with Crippen LogP contribution in [0.25, 0.3) is 11.0 Å². The number of imidazole rings is 1. The predicted octanol–water partition coefficient (Wildman–Crippen LogP) is 2.33. The van der Waals surface area contributed by atoms with Crippen LogP contribution in [0.1, 0.15) is 44.3 Å². The fourth-order valence-corrected chi connectivity index (χ4v) is 2.74. The average Bonchev–Trinajstić information content (AvgIpc) is 2.93. The van der Waals surface area contributed by atoms with Gasteiger partial charge in [-0.3, -0.25) is 4.79 Å². The molecule has 2 heterocycles. The number of nitrogens with zero attached hydrogens (tertiary/aromatic N) is 3. The minimum Gasteiger partial charge on any atom is -0.382 e. The number of rotatable bonds is 8. The summed E-state index contributed by atoms with van der Waals surface area (Å²) in [5.41, 5.74) is 9.79. The molecule has 138 valence electrons. The monoisotopic (exact) mass is 347 g/mol. The van der Waals surface area contributed by atoms with E-state index < -0.39 is 0 Å². The summed E-state index contributed by atoms with van der Waals surface area (Å²) in [5.74, 6) is 1.36. The van der Waals surface area contributed by atoms with E-state index in [9.17, 15) is 4.79 Å². The SMILES string of the molecule is CCOCc1nc2c(N)nc(C)c(C)c2n1CCCNC(=O)C(C)C. The molecule has 0 aliphatic heterocycles. The molecule has 0 saturated carbocycles. The lowest BCUT2D eigenvalue weighted by Crippen LogP contribution is -2.29. The van der Waals surface area contributed by atoms with Crippen LogP contribution in [0.4, 0.5) is 5.82 Å². The standard InChI is InChI=1S/C18H29N5O2/c1-6-25-10-14-22-15-16(12(4)13(5)21-17(15)19)23(14)9-7-8-20-18(24)11(2)3/h11H,6-10H2,1-5H3,(H2,19,21)(H,20,24). The van der Waals surface area contributed by atoms with E-state index in [2.05, 4.69) is 19.9 Å². The smallest absolute Gasteiger partial charge is 0.222 e. The molecule has 0 spiro atoms. The largest absolute Gasteiger partial charge is 0.382 e. The summed E-state index contributed by atoms with van der Waals surface area (Å²) in [6, 6.07) is 0. The van der Waals surface area contributed by atoms with Gasteiger partial charge in [0.2, 0.25) is 5.91 Å². The number of hydrogen-bond donors (Lipinski definition) is 2. The highest BCUT2D eigenvalue weighted by Crippen LogP contribution is 2.26. The van der Waals surface area contributed by atoms with Gasteiger partial charge in [0.1, 0.15) is 17.9 Å². The first-order chi connectivity index (χ1) is 11.9. The number of aryl methyl sites for hydroxylation is 3. The maximum atomic E-state index is 11.7. The molecule has 2 rings (SSSR count). The Morgan fingerprint density at radius 2 is 2.04 bits per heavy atom. The van der Waals surface area contributed by atoms with Crippen LogP contribution >= 0.6 is 0 Å². The van der Waals surface area contributed by atoms with Crippen molar-refractivity contribution in [3.05, 3.63) is 17.1 Å². The zero-order chi connectivity index (χ0) is 18.6.